The van der Waals surface area contributed by atoms with Gasteiger partial charge in [-0.2, -0.15) is 0 Å². The molecule has 1 aliphatic carbocycles. The Hall–Kier alpha value is -0.0800. The molecule has 1 saturated carbocycles. The van der Waals surface area contributed by atoms with Gasteiger partial charge in [0, 0.05) is 31.2 Å². The fourth-order valence-corrected chi connectivity index (χ4v) is 2.65. The lowest BCUT2D eigenvalue weighted by atomic mass is 9.95. The number of rotatable bonds is 2. The van der Waals surface area contributed by atoms with Crippen molar-refractivity contribution in [2.75, 3.05) is 19.6 Å². The second kappa shape index (κ2) is 3.21. The van der Waals surface area contributed by atoms with Gasteiger partial charge in [0.2, 0.25) is 0 Å². The Labute approximate surface area is 88.1 Å². The van der Waals surface area contributed by atoms with Crippen LogP contribution in [0.5, 0.6) is 0 Å². The average molecular weight is 196 g/mol. The quantitative estimate of drug-likeness (QED) is 0.725. The molecule has 0 aromatic carbocycles. The Morgan fingerprint density at radius 3 is 2.50 bits per heavy atom. The molecule has 1 saturated heterocycles. The van der Waals surface area contributed by atoms with Gasteiger partial charge in [-0.3, -0.25) is 4.90 Å². The summed E-state index contributed by atoms with van der Waals surface area (Å²) in [6.07, 6.45) is 2.63. The lowest BCUT2D eigenvalue weighted by molar-refractivity contribution is 0.121. The monoisotopic (exact) mass is 196 g/mol. The highest BCUT2D eigenvalue weighted by atomic mass is 15.3. The van der Waals surface area contributed by atoms with Gasteiger partial charge in [0.05, 0.1) is 0 Å². The molecule has 0 amide bonds. The molecule has 0 radical (unpaired) electrons. The minimum atomic E-state index is 0.358. The molecule has 2 aliphatic rings. The first-order valence-corrected chi connectivity index (χ1v) is 5.96. The summed E-state index contributed by atoms with van der Waals surface area (Å²) in [6, 6.07) is 0.857. The van der Waals surface area contributed by atoms with E-state index in [2.05, 4.69) is 37.9 Å². The molecular weight excluding hydrogens is 172 g/mol. The van der Waals surface area contributed by atoms with Crippen LogP contribution in [0.25, 0.3) is 0 Å². The third-order valence-electron chi connectivity index (χ3n) is 4.19. The van der Waals surface area contributed by atoms with E-state index in [1.165, 1.54) is 25.9 Å². The van der Waals surface area contributed by atoms with E-state index in [9.17, 15) is 0 Å². The number of nitrogens with one attached hydrogen (secondary N) is 1. The first-order valence-electron chi connectivity index (χ1n) is 5.96. The smallest absolute Gasteiger partial charge is 0.0278 e. The maximum atomic E-state index is 3.64. The van der Waals surface area contributed by atoms with E-state index in [1.807, 2.05) is 0 Å². The number of hydrogen-bond acceptors (Lipinski definition) is 2. The van der Waals surface area contributed by atoms with Gasteiger partial charge in [0.1, 0.15) is 0 Å². The summed E-state index contributed by atoms with van der Waals surface area (Å²) in [6.45, 7) is 13.1. The molecule has 1 heterocycles. The summed E-state index contributed by atoms with van der Waals surface area (Å²) in [7, 11) is 0. The van der Waals surface area contributed by atoms with Gasteiger partial charge >= 0.3 is 0 Å². The van der Waals surface area contributed by atoms with Crippen molar-refractivity contribution in [2.45, 2.75) is 52.1 Å². The second-order valence-electron chi connectivity index (χ2n) is 6.02. The summed E-state index contributed by atoms with van der Waals surface area (Å²) in [4.78, 5) is 2.69. The van der Waals surface area contributed by atoms with E-state index in [4.69, 9.17) is 0 Å². The highest BCUT2D eigenvalue weighted by molar-refractivity contribution is 5.06. The van der Waals surface area contributed by atoms with E-state index < -0.39 is 0 Å². The summed E-state index contributed by atoms with van der Waals surface area (Å²) in [5, 5.41) is 3.64. The molecule has 82 valence electrons. The fraction of sp³-hybridized carbons (Fsp3) is 1.00. The van der Waals surface area contributed by atoms with E-state index in [0.717, 1.165) is 12.6 Å². The van der Waals surface area contributed by atoms with Crippen molar-refractivity contribution in [1.29, 1.82) is 0 Å². The van der Waals surface area contributed by atoms with Crippen LogP contribution in [0.15, 0.2) is 0 Å². The van der Waals surface area contributed by atoms with Crippen molar-refractivity contribution in [3.63, 3.8) is 0 Å². The van der Waals surface area contributed by atoms with E-state index in [1.54, 1.807) is 0 Å². The minimum absolute atomic E-state index is 0.358. The van der Waals surface area contributed by atoms with Crippen LogP contribution >= 0.6 is 0 Å². The fourth-order valence-electron chi connectivity index (χ4n) is 2.65. The molecule has 0 aromatic heterocycles. The lowest BCUT2D eigenvalue weighted by Gasteiger charge is -2.42. The summed E-state index contributed by atoms with van der Waals surface area (Å²) >= 11 is 0. The largest absolute Gasteiger partial charge is 0.309 e. The van der Waals surface area contributed by atoms with Gasteiger partial charge in [0.15, 0.2) is 0 Å². The lowest BCUT2D eigenvalue weighted by Crippen LogP contribution is -2.59. The first-order chi connectivity index (χ1) is 6.47. The van der Waals surface area contributed by atoms with Gasteiger partial charge in [0.25, 0.3) is 0 Å². The van der Waals surface area contributed by atoms with Crippen LogP contribution < -0.4 is 5.32 Å². The normalized spacial score (nSPS) is 42.4. The zero-order valence-electron chi connectivity index (χ0n) is 10.1. The molecule has 2 nitrogen and oxygen atoms in total. The predicted molar refractivity (Wildman–Crippen MR) is 60.5 cm³/mol. The zero-order chi connectivity index (χ0) is 10.4. The van der Waals surface area contributed by atoms with E-state index in [0.29, 0.717) is 11.0 Å². The third-order valence-corrected chi connectivity index (χ3v) is 4.19. The molecule has 14 heavy (non-hydrogen) atoms. The zero-order valence-corrected chi connectivity index (χ0v) is 10.1. The topological polar surface area (TPSA) is 15.3 Å². The molecular formula is C12H24N2. The molecule has 0 bridgehead atoms. The summed E-state index contributed by atoms with van der Waals surface area (Å²) < 4.78 is 0. The Morgan fingerprint density at radius 2 is 2.00 bits per heavy atom. The van der Waals surface area contributed by atoms with E-state index >= 15 is 0 Å². The maximum absolute atomic E-state index is 3.64. The molecule has 2 unspecified atom stereocenters. The van der Waals surface area contributed by atoms with Crippen LogP contribution in [0.4, 0.5) is 0 Å². The molecule has 0 spiro atoms. The van der Waals surface area contributed by atoms with Gasteiger partial charge in [-0.05, 0) is 25.2 Å². The SMILES string of the molecule is CCC1(C)CN(C2CC2(C)C)CCN1. The van der Waals surface area contributed by atoms with Crippen LogP contribution in [0, 0.1) is 5.41 Å². The van der Waals surface area contributed by atoms with Gasteiger partial charge in [-0.1, -0.05) is 20.8 Å². The Morgan fingerprint density at radius 1 is 1.36 bits per heavy atom. The van der Waals surface area contributed by atoms with Crippen LogP contribution in [-0.4, -0.2) is 36.1 Å². The van der Waals surface area contributed by atoms with Crippen LogP contribution in [0.2, 0.25) is 0 Å². The number of hydrogen-bond donors (Lipinski definition) is 1. The van der Waals surface area contributed by atoms with Crippen molar-refractivity contribution >= 4 is 0 Å². The van der Waals surface area contributed by atoms with Crippen LogP contribution in [0.1, 0.15) is 40.5 Å². The Balaban J connectivity index is 1.95. The van der Waals surface area contributed by atoms with E-state index in [-0.39, 0.29) is 0 Å². The molecule has 2 fully saturated rings. The summed E-state index contributed by atoms with van der Waals surface area (Å²) in [5.41, 5.74) is 0.947. The maximum Gasteiger partial charge on any atom is 0.0278 e. The van der Waals surface area contributed by atoms with Gasteiger partial charge in [-0.25, -0.2) is 0 Å². The Bertz CT molecular complexity index is 224. The van der Waals surface area contributed by atoms with Crippen molar-refractivity contribution in [3.05, 3.63) is 0 Å². The molecule has 1 N–H and O–H groups in total. The number of nitrogens with zero attached hydrogens (tertiary/aromatic N) is 1. The first kappa shape index (κ1) is 10.4. The highest BCUT2D eigenvalue weighted by Gasteiger charge is 2.50. The van der Waals surface area contributed by atoms with Gasteiger partial charge in [-0.15, -0.1) is 0 Å². The molecule has 2 rings (SSSR count). The van der Waals surface area contributed by atoms with Crippen molar-refractivity contribution < 1.29 is 0 Å². The standard InChI is InChI=1S/C12H24N2/c1-5-12(4)9-14(7-6-13-12)10-8-11(10,2)3/h10,13H,5-9H2,1-4H3. The molecule has 1 aliphatic heterocycles. The van der Waals surface area contributed by atoms with Crippen LogP contribution in [-0.2, 0) is 0 Å². The predicted octanol–water partition coefficient (Wildman–Crippen LogP) is 1.86. The molecule has 2 atom stereocenters. The average Bonchev–Trinajstić information content (AvgIpc) is 2.76. The highest BCUT2D eigenvalue weighted by Crippen LogP contribution is 2.49. The van der Waals surface area contributed by atoms with Crippen molar-refractivity contribution in [2.24, 2.45) is 5.41 Å². The second-order valence-corrected chi connectivity index (χ2v) is 6.02. The third kappa shape index (κ3) is 1.82. The van der Waals surface area contributed by atoms with Crippen molar-refractivity contribution in [3.8, 4) is 0 Å². The molecule has 0 aromatic rings. The summed E-state index contributed by atoms with van der Waals surface area (Å²) in [5.74, 6) is 0. The molecule has 2 heteroatoms. The number of piperazine rings is 1. The Kier molecular flexibility index (Phi) is 2.39. The minimum Gasteiger partial charge on any atom is -0.309 e. The van der Waals surface area contributed by atoms with Crippen LogP contribution in [0.3, 0.4) is 0 Å². The van der Waals surface area contributed by atoms with Crippen molar-refractivity contribution in [1.82, 2.24) is 10.2 Å². The van der Waals surface area contributed by atoms with Gasteiger partial charge < -0.3 is 5.32 Å².